The van der Waals surface area contributed by atoms with E-state index in [1.165, 1.54) is 0 Å². The van der Waals surface area contributed by atoms with Crippen molar-refractivity contribution in [1.82, 2.24) is 4.90 Å². The van der Waals surface area contributed by atoms with Crippen LogP contribution in [-0.2, 0) is 4.79 Å². The van der Waals surface area contributed by atoms with Gasteiger partial charge in [0, 0.05) is 19.1 Å². The Morgan fingerprint density at radius 3 is 2.55 bits per heavy atom. The maximum absolute atomic E-state index is 12.3. The number of piperidine rings is 1. The van der Waals surface area contributed by atoms with Crippen LogP contribution in [0.5, 0.6) is 0 Å². The number of nitrogens with two attached hydrogens (primary N) is 1. The molecule has 1 aromatic carbocycles. The van der Waals surface area contributed by atoms with E-state index in [1.54, 1.807) is 17.0 Å². The first-order chi connectivity index (χ1) is 8.92. The van der Waals surface area contributed by atoms with Crippen molar-refractivity contribution in [2.45, 2.75) is 32.4 Å². The lowest BCUT2D eigenvalue weighted by molar-refractivity contribution is -0.144. The van der Waals surface area contributed by atoms with Crippen molar-refractivity contribution in [1.29, 1.82) is 0 Å². The van der Waals surface area contributed by atoms with Crippen molar-refractivity contribution in [3.63, 3.8) is 0 Å². The molecule has 0 aliphatic carbocycles. The van der Waals surface area contributed by atoms with Crippen LogP contribution < -0.4 is 5.73 Å². The van der Waals surface area contributed by atoms with Gasteiger partial charge in [0.1, 0.15) is 0 Å². The Balaban J connectivity index is 0.00000200. The van der Waals surface area contributed by atoms with Gasteiger partial charge in [-0.05, 0) is 17.4 Å². The molecule has 0 bridgehead atoms. The van der Waals surface area contributed by atoms with Crippen LogP contribution in [0, 0.1) is 5.41 Å². The monoisotopic (exact) mass is 298 g/mol. The van der Waals surface area contributed by atoms with E-state index in [4.69, 9.17) is 5.73 Å². The number of hydrogen-bond acceptors (Lipinski definition) is 3. The van der Waals surface area contributed by atoms with Gasteiger partial charge in [-0.2, -0.15) is 0 Å². The number of halogens is 1. The van der Waals surface area contributed by atoms with Gasteiger partial charge in [0.25, 0.3) is 5.91 Å². The minimum atomic E-state index is -1.08. The molecule has 20 heavy (non-hydrogen) atoms. The highest BCUT2D eigenvalue weighted by molar-refractivity contribution is 5.85. The van der Waals surface area contributed by atoms with Crippen LogP contribution in [0.3, 0.4) is 0 Å². The summed E-state index contributed by atoms with van der Waals surface area (Å²) in [6, 6.07) is 9.14. The summed E-state index contributed by atoms with van der Waals surface area (Å²) in [5.41, 5.74) is 6.59. The summed E-state index contributed by atoms with van der Waals surface area (Å²) in [6.45, 7) is 5.34. The van der Waals surface area contributed by atoms with Crippen molar-refractivity contribution >= 4 is 18.3 Å². The van der Waals surface area contributed by atoms with E-state index < -0.39 is 6.10 Å². The second-order valence-electron chi connectivity index (χ2n) is 5.96. The molecule has 1 fully saturated rings. The third-order valence-corrected chi connectivity index (χ3v) is 3.97. The zero-order chi connectivity index (χ0) is 14.0. The number of nitrogens with zero attached hydrogens (tertiary/aromatic N) is 1. The predicted molar refractivity (Wildman–Crippen MR) is 81.6 cm³/mol. The molecular weight excluding hydrogens is 276 g/mol. The summed E-state index contributed by atoms with van der Waals surface area (Å²) in [7, 11) is 0. The highest BCUT2D eigenvalue weighted by Gasteiger charge is 2.37. The van der Waals surface area contributed by atoms with Crippen LogP contribution in [0.1, 0.15) is 31.9 Å². The quantitative estimate of drug-likeness (QED) is 0.874. The van der Waals surface area contributed by atoms with E-state index in [2.05, 4.69) is 13.8 Å². The molecule has 4 nitrogen and oxygen atoms in total. The molecule has 1 aliphatic rings. The summed E-state index contributed by atoms with van der Waals surface area (Å²) < 4.78 is 0. The minimum absolute atomic E-state index is 0. The van der Waals surface area contributed by atoms with E-state index in [9.17, 15) is 9.90 Å². The molecular formula is C15H23ClN2O2. The average Bonchev–Trinajstić information content (AvgIpc) is 2.41. The molecule has 0 saturated carbocycles. The van der Waals surface area contributed by atoms with E-state index in [1.807, 2.05) is 18.2 Å². The third-order valence-electron chi connectivity index (χ3n) is 3.97. The molecule has 0 spiro atoms. The third kappa shape index (κ3) is 3.51. The molecule has 2 rings (SSSR count). The molecule has 1 heterocycles. The van der Waals surface area contributed by atoms with Gasteiger partial charge in [0.05, 0.1) is 0 Å². The Morgan fingerprint density at radius 1 is 1.40 bits per heavy atom. The van der Waals surface area contributed by atoms with Crippen molar-refractivity contribution in [2.75, 3.05) is 13.1 Å². The standard InChI is InChI=1S/C15H22N2O2.ClH/c1-15(2)10-17(9-8-12(15)16)14(19)13(18)11-6-4-3-5-7-11;/h3-7,12-13,18H,8-10,16H2,1-2H3;1H. The predicted octanol–water partition coefficient (Wildman–Crippen LogP) is 1.73. The minimum Gasteiger partial charge on any atom is -0.378 e. The number of likely N-dealkylation sites (tertiary alicyclic amines) is 1. The molecule has 112 valence electrons. The number of aliphatic hydroxyl groups excluding tert-OH is 1. The lowest BCUT2D eigenvalue weighted by Gasteiger charge is -2.43. The SMILES string of the molecule is CC1(C)CN(C(=O)C(O)c2ccccc2)CCC1N.Cl. The molecule has 1 amide bonds. The lowest BCUT2D eigenvalue weighted by atomic mass is 9.79. The summed E-state index contributed by atoms with van der Waals surface area (Å²) in [5, 5.41) is 10.2. The molecule has 5 heteroatoms. The number of rotatable bonds is 2. The van der Waals surface area contributed by atoms with Crippen LogP contribution in [0.2, 0.25) is 0 Å². The number of benzene rings is 1. The molecule has 3 N–H and O–H groups in total. The van der Waals surface area contributed by atoms with Gasteiger partial charge in [-0.25, -0.2) is 0 Å². The first-order valence-electron chi connectivity index (χ1n) is 6.69. The zero-order valence-electron chi connectivity index (χ0n) is 12.0. The topological polar surface area (TPSA) is 66.6 Å². The van der Waals surface area contributed by atoms with Crippen LogP contribution >= 0.6 is 12.4 Å². The maximum atomic E-state index is 12.3. The average molecular weight is 299 g/mol. The second kappa shape index (κ2) is 6.57. The Kier molecular flexibility index (Phi) is 5.57. The fraction of sp³-hybridized carbons (Fsp3) is 0.533. The van der Waals surface area contributed by atoms with Crippen LogP contribution in [-0.4, -0.2) is 35.0 Å². The largest absolute Gasteiger partial charge is 0.378 e. The van der Waals surface area contributed by atoms with E-state index in [0.29, 0.717) is 18.7 Å². The second-order valence-corrected chi connectivity index (χ2v) is 5.96. The summed E-state index contributed by atoms with van der Waals surface area (Å²) >= 11 is 0. The summed E-state index contributed by atoms with van der Waals surface area (Å²) in [5.74, 6) is -0.230. The van der Waals surface area contributed by atoms with Gasteiger partial charge in [-0.15, -0.1) is 12.4 Å². The summed E-state index contributed by atoms with van der Waals surface area (Å²) in [4.78, 5) is 14.1. The van der Waals surface area contributed by atoms with Gasteiger partial charge < -0.3 is 15.7 Å². The van der Waals surface area contributed by atoms with E-state index in [0.717, 1.165) is 6.42 Å². The van der Waals surface area contributed by atoms with Gasteiger partial charge in [0.2, 0.25) is 0 Å². The Bertz CT molecular complexity index is 450. The molecule has 2 unspecified atom stereocenters. The molecule has 0 radical (unpaired) electrons. The lowest BCUT2D eigenvalue weighted by Crippen LogP contribution is -2.54. The number of amides is 1. The molecule has 2 atom stereocenters. The summed E-state index contributed by atoms with van der Waals surface area (Å²) in [6.07, 6.45) is -0.299. The van der Waals surface area contributed by atoms with Crippen molar-refractivity contribution < 1.29 is 9.90 Å². The van der Waals surface area contributed by atoms with Crippen LogP contribution in [0.4, 0.5) is 0 Å². The molecule has 0 aromatic heterocycles. The van der Waals surface area contributed by atoms with Gasteiger partial charge in [-0.3, -0.25) is 4.79 Å². The van der Waals surface area contributed by atoms with Crippen molar-refractivity contribution in [3.05, 3.63) is 35.9 Å². The van der Waals surface area contributed by atoms with Crippen molar-refractivity contribution in [3.8, 4) is 0 Å². The molecule has 1 aromatic rings. The Labute approximate surface area is 126 Å². The van der Waals surface area contributed by atoms with Gasteiger partial charge >= 0.3 is 0 Å². The smallest absolute Gasteiger partial charge is 0.256 e. The molecule has 1 aliphatic heterocycles. The highest BCUT2D eigenvalue weighted by Crippen LogP contribution is 2.29. The van der Waals surface area contributed by atoms with Crippen LogP contribution in [0.25, 0.3) is 0 Å². The zero-order valence-corrected chi connectivity index (χ0v) is 12.8. The number of aliphatic hydroxyl groups is 1. The number of carbonyl (C=O) groups is 1. The molecule has 1 saturated heterocycles. The fourth-order valence-corrected chi connectivity index (χ4v) is 2.51. The Morgan fingerprint density at radius 2 is 2.00 bits per heavy atom. The number of carbonyl (C=O) groups excluding carboxylic acids is 1. The first kappa shape index (κ1) is 17.0. The van der Waals surface area contributed by atoms with E-state index in [-0.39, 0.29) is 29.8 Å². The maximum Gasteiger partial charge on any atom is 0.256 e. The van der Waals surface area contributed by atoms with Crippen molar-refractivity contribution in [2.24, 2.45) is 11.1 Å². The first-order valence-corrected chi connectivity index (χ1v) is 6.69. The normalized spacial score (nSPS) is 22.8. The highest BCUT2D eigenvalue weighted by atomic mass is 35.5. The Hall–Kier alpha value is -1.10. The van der Waals surface area contributed by atoms with Crippen LogP contribution in [0.15, 0.2) is 30.3 Å². The fourth-order valence-electron chi connectivity index (χ4n) is 2.51. The van der Waals surface area contributed by atoms with Gasteiger partial charge in [0.15, 0.2) is 6.10 Å². The van der Waals surface area contributed by atoms with Gasteiger partial charge in [-0.1, -0.05) is 44.2 Å². The number of hydrogen-bond donors (Lipinski definition) is 2. The van der Waals surface area contributed by atoms with E-state index >= 15 is 0 Å².